The Labute approximate surface area is 170 Å². The molecular formula is C21H23N3O4S. The number of rotatable bonds is 5. The second kappa shape index (κ2) is 7.59. The van der Waals surface area contributed by atoms with Crippen LogP contribution in [0.15, 0.2) is 47.6 Å². The van der Waals surface area contributed by atoms with Crippen LogP contribution in [0.5, 0.6) is 0 Å². The molecule has 0 bridgehead atoms. The minimum absolute atomic E-state index is 0.0976. The summed E-state index contributed by atoms with van der Waals surface area (Å²) in [4.78, 5) is 30.8. The summed E-state index contributed by atoms with van der Waals surface area (Å²) in [6.07, 6.45) is 6.45. The topological polar surface area (TPSA) is 96.4 Å². The molecule has 2 aliphatic rings. The van der Waals surface area contributed by atoms with Crippen molar-refractivity contribution in [3.8, 4) is 0 Å². The van der Waals surface area contributed by atoms with Crippen LogP contribution in [0.3, 0.4) is 0 Å². The van der Waals surface area contributed by atoms with Crippen LogP contribution in [0.25, 0.3) is 0 Å². The van der Waals surface area contributed by atoms with E-state index in [1.54, 1.807) is 37.4 Å². The number of anilines is 1. The summed E-state index contributed by atoms with van der Waals surface area (Å²) in [5.41, 5.74) is 1.56. The Kier molecular flexibility index (Phi) is 5.12. The number of nitrogens with one attached hydrogen (secondary N) is 1. The molecule has 1 aliphatic heterocycles. The molecule has 2 amide bonds. The Morgan fingerprint density at radius 1 is 1.10 bits per heavy atom. The molecule has 0 spiro atoms. The third-order valence-electron chi connectivity index (χ3n) is 5.73. The summed E-state index contributed by atoms with van der Waals surface area (Å²) in [5, 5.41) is 0. The van der Waals surface area contributed by atoms with Gasteiger partial charge in [0.2, 0.25) is 11.8 Å². The van der Waals surface area contributed by atoms with Crippen LogP contribution in [-0.2, 0) is 26.2 Å². The number of benzene rings is 1. The molecule has 2 atom stereocenters. The molecule has 1 aromatic carbocycles. The highest BCUT2D eigenvalue weighted by Crippen LogP contribution is 2.38. The number of likely N-dealkylation sites (tertiary alicyclic amines) is 1. The lowest BCUT2D eigenvalue weighted by molar-refractivity contribution is -0.140. The molecule has 1 saturated heterocycles. The van der Waals surface area contributed by atoms with Gasteiger partial charge in [-0.05, 0) is 49.1 Å². The molecule has 1 aromatic heterocycles. The fourth-order valence-corrected chi connectivity index (χ4v) is 5.57. The minimum atomic E-state index is -3.83. The Bertz CT molecular complexity index is 1030. The SMILES string of the molecule is Cc1ccc(CN2C(=O)[C@H]3CCCC[C@H]3C2=O)cc1S(=O)(=O)Nc1cccnc1. The van der Waals surface area contributed by atoms with Crippen molar-refractivity contribution in [1.29, 1.82) is 0 Å². The van der Waals surface area contributed by atoms with E-state index in [4.69, 9.17) is 0 Å². The van der Waals surface area contributed by atoms with E-state index in [0.717, 1.165) is 25.7 Å². The van der Waals surface area contributed by atoms with E-state index in [-0.39, 0.29) is 35.1 Å². The van der Waals surface area contributed by atoms with E-state index < -0.39 is 10.0 Å². The van der Waals surface area contributed by atoms with Crippen LogP contribution < -0.4 is 4.72 Å². The molecule has 8 heteroatoms. The molecular weight excluding hydrogens is 390 g/mol. The van der Waals surface area contributed by atoms with Gasteiger partial charge in [-0.25, -0.2) is 8.42 Å². The van der Waals surface area contributed by atoms with E-state index in [0.29, 0.717) is 16.8 Å². The molecule has 2 heterocycles. The van der Waals surface area contributed by atoms with Gasteiger partial charge >= 0.3 is 0 Å². The summed E-state index contributed by atoms with van der Waals surface area (Å²) in [6.45, 7) is 1.81. The predicted octanol–water partition coefficient (Wildman–Crippen LogP) is 2.87. The fraction of sp³-hybridized carbons (Fsp3) is 0.381. The van der Waals surface area contributed by atoms with Gasteiger partial charge < -0.3 is 0 Å². The minimum Gasteiger partial charge on any atom is -0.278 e. The number of pyridine rings is 1. The maximum Gasteiger partial charge on any atom is 0.262 e. The quantitative estimate of drug-likeness (QED) is 0.761. The van der Waals surface area contributed by atoms with Gasteiger partial charge in [-0.1, -0.05) is 25.0 Å². The van der Waals surface area contributed by atoms with Gasteiger partial charge in [0.15, 0.2) is 0 Å². The summed E-state index contributed by atoms with van der Waals surface area (Å²) in [5.74, 6) is -0.675. The number of fused-ring (bicyclic) bond motifs is 1. The molecule has 2 aromatic rings. The maximum absolute atomic E-state index is 12.9. The molecule has 0 unspecified atom stereocenters. The number of aromatic nitrogens is 1. The van der Waals surface area contributed by atoms with Crippen LogP contribution in [0, 0.1) is 18.8 Å². The zero-order valence-corrected chi connectivity index (χ0v) is 17.0. The normalized spacial score (nSPS) is 21.9. The lowest BCUT2D eigenvalue weighted by Crippen LogP contribution is -2.30. The first-order valence-electron chi connectivity index (χ1n) is 9.74. The third-order valence-corrected chi connectivity index (χ3v) is 7.25. The third kappa shape index (κ3) is 3.76. The maximum atomic E-state index is 12.9. The highest BCUT2D eigenvalue weighted by Gasteiger charge is 2.47. The number of imide groups is 1. The molecule has 152 valence electrons. The van der Waals surface area contributed by atoms with Crippen LogP contribution in [0.2, 0.25) is 0 Å². The summed E-state index contributed by atoms with van der Waals surface area (Å²) in [7, 11) is -3.83. The first-order valence-corrected chi connectivity index (χ1v) is 11.2. The number of carbonyl (C=O) groups excluding carboxylic acids is 2. The van der Waals surface area contributed by atoms with Crippen molar-refractivity contribution in [3.05, 3.63) is 53.9 Å². The second-order valence-electron chi connectivity index (χ2n) is 7.71. The Hall–Kier alpha value is -2.74. The van der Waals surface area contributed by atoms with Crippen LogP contribution in [0.4, 0.5) is 5.69 Å². The van der Waals surface area contributed by atoms with Gasteiger partial charge in [0.05, 0.1) is 35.2 Å². The number of hydrogen-bond donors (Lipinski definition) is 1. The van der Waals surface area contributed by atoms with Gasteiger partial charge in [0.1, 0.15) is 0 Å². The number of sulfonamides is 1. The van der Waals surface area contributed by atoms with Crippen molar-refractivity contribution >= 4 is 27.5 Å². The van der Waals surface area contributed by atoms with Crippen molar-refractivity contribution in [2.24, 2.45) is 11.8 Å². The smallest absolute Gasteiger partial charge is 0.262 e. The molecule has 7 nitrogen and oxygen atoms in total. The van der Waals surface area contributed by atoms with Crippen molar-refractivity contribution in [2.45, 2.75) is 44.0 Å². The van der Waals surface area contributed by atoms with E-state index >= 15 is 0 Å². The van der Waals surface area contributed by atoms with Gasteiger partial charge in [-0.15, -0.1) is 0 Å². The van der Waals surface area contributed by atoms with Gasteiger partial charge in [0.25, 0.3) is 10.0 Å². The Balaban J connectivity index is 1.59. The van der Waals surface area contributed by atoms with Gasteiger partial charge in [0, 0.05) is 6.20 Å². The second-order valence-corrected chi connectivity index (χ2v) is 9.36. The van der Waals surface area contributed by atoms with Crippen molar-refractivity contribution in [1.82, 2.24) is 9.88 Å². The molecule has 1 N–H and O–H groups in total. The zero-order valence-electron chi connectivity index (χ0n) is 16.2. The first-order chi connectivity index (χ1) is 13.9. The summed E-state index contributed by atoms with van der Waals surface area (Å²) < 4.78 is 28.2. The lowest BCUT2D eigenvalue weighted by Gasteiger charge is -2.19. The van der Waals surface area contributed by atoms with Crippen molar-refractivity contribution in [3.63, 3.8) is 0 Å². The van der Waals surface area contributed by atoms with Crippen LogP contribution >= 0.6 is 0 Å². The average Bonchev–Trinajstić information content (AvgIpc) is 2.95. The van der Waals surface area contributed by atoms with Gasteiger partial charge in [-0.2, -0.15) is 0 Å². The monoisotopic (exact) mass is 413 g/mol. The fourth-order valence-electron chi connectivity index (χ4n) is 4.24. The molecule has 1 saturated carbocycles. The Morgan fingerprint density at radius 3 is 2.41 bits per heavy atom. The zero-order chi connectivity index (χ0) is 20.6. The molecule has 0 radical (unpaired) electrons. The number of amides is 2. The standard InChI is InChI=1S/C21H23N3O4S/c1-14-8-9-15(11-19(14)29(27,28)23-16-5-4-10-22-12-16)13-24-20(25)17-6-2-3-7-18(17)21(24)26/h4-5,8-12,17-18,23H,2-3,6-7,13H2,1H3/t17-,18+. The van der Waals surface area contributed by atoms with Gasteiger partial charge in [-0.3, -0.25) is 24.2 Å². The van der Waals surface area contributed by atoms with Crippen LogP contribution in [0.1, 0.15) is 36.8 Å². The van der Waals surface area contributed by atoms with Crippen LogP contribution in [-0.4, -0.2) is 30.1 Å². The number of carbonyl (C=O) groups is 2. The number of aryl methyl sites for hydroxylation is 1. The lowest BCUT2D eigenvalue weighted by atomic mass is 9.81. The van der Waals surface area contributed by atoms with Crippen molar-refractivity contribution < 1.29 is 18.0 Å². The summed E-state index contributed by atoms with van der Waals surface area (Å²) >= 11 is 0. The molecule has 29 heavy (non-hydrogen) atoms. The largest absolute Gasteiger partial charge is 0.278 e. The van der Waals surface area contributed by atoms with E-state index in [1.807, 2.05) is 0 Å². The predicted molar refractivity (Wildman–Crippen MR) is 107 cm³/mol. The Morgan fingerprint density at radius 2 is 1.79 bits per heavy atom. The molecule has 1 aliphatic carbocycles. The highest BCUT2D eigenvalue weighted by atomic mass is 32.2. The van der Waals surface area contributed by atoms with E-state index in [1.165, 1.54) is 17.2 Å². The number of hydrogen-bond acceptors (Lipinski definition) is 5. The summed E-state index contributed by atoms with van der Waals surface area (Å²) in [6, 6.07) is 8.26. The molecule has 2 fully saturated rings. The number of nitrogens with zero attached hydrogens (tertiary/aromatic N) is 2. The average molecular weight is 413 g/mol. The highest BCUT2D eigenvalue weighted by molar-refractivity contribution is 7.92. The molecule has 4 rings (SSSR count). The van der Waals surface area contributed by atoms with E-state index in [9.17, 15) is 18.0 Å². The first kappa shape index (κ1) is 19.6. The van der Waals surface area contributed by atoms with Crippen molar-refractivity contribution in [2.75, 3.05) is 4.72 Å². The van der Waals surface area contributed by atoms with E-state index in [2.05, 4.69) is 9.71 Å².